The molecule has 0 aliphatic carbocycles. The highest BCUT2D eigenvalue weighted by molar-refractivity contribution is 5.94. The SMILES string of the molecule is CN(CC1CCCOC1)C(=O)c1ccc(NN)cc1. The first-order valence-electron chi connectivity index (χ1n) is 6.60. The molecular formula is C14H21N3O2. The molecule has 5 heteroatoms. The van der Waals surface area contributed by atoms with Crippen molar-refractivity contribution in [2.24, 2.45) is 11.8 Å². The van der Waals surface area contributed by atoms with Crippen molar-refractivity contribution in [2.45, 2.75) is 12.8 Å². The van der Waals surface area contributed by atoms with Gasteiger partial charge in [0.25, 0.3) is 5.91 Å². The van der Waals surface area contributed by atoms with Gasteiger partial charge in [-0.3, -0.25) is 10.6 Å². The van der Waals surface area contributed by atoms with Gasteiger partial charge in [0, 0.05) is 31.5 Å². The molecule has 1 fully saturated rings. The van der Waals surface area contributed by atoms with Crippen LogP contribution in [0.15, 0.2) is 24.3 Å². The Balaban J connectivity index is 1.93. The first-order chi connectivity index (χ1) is 9.20. The highest BCUT2D eigenvalue weighted by atomic mass is 16.5. The lowest BCUT2D eigenvalue weighted by Gasteiger charge is -2.27. The number of nitrogen functional groups attached to an aromatic ring is 1. The Morgan fingerprint density at radius 3 is 2.79 bits per heavy atom. The summed E-state index contributed by atoms with van der Waals surface area (Å²) in [5.41, 5.74) is 4.02. The summed E-state index contributed by atoms with van der Waals surface area (Å²) in [6.45, 7) is 2.35. The average molecular weight is 263 g/mol. The molecule has 3 N–H and O–H groups in total. The maximum Gasteiger partial charge on any atom is 0.253 e. The van der Waals surface area contributed by atoms with Gasteiger partial charge < -0.3 is 15.1 Å². The maximum atomic E-state index is 12.3. The molecule has 5 nitrogen and oxygen atoms in total. The quantitative estimate of drug-likeness (QED) is 0.637. The van der Waals surface area contributed by atoms with Gasteiger partial charge in [-0.2, -0.15) is 0 Å². The standard InChI is InChI=1S/C14H21N3O2/c1-17(9-11-3-2-8-19-10-11)14(18)12-4-6-13(16-15)7-5-12/h4-7,11,16H,2-3,8-10,15H2,1H3. The summed E-state index contributed by atoms with van der Waals surface area (Å²) in [6.07, 6.45) is 2.22. The number of nitrogens with two attached hydrogens (primary N) is 1. The van der Waals surface area contributed by atoms with Gasteiger partial charge >= 0.3 is 0 Å². The van der Waals surface area contributed by atoms with E-state index in [1.54, 1.807) is 29.2 Å². The Labute approximate surface area is 113 Å². The molecule has 0 radical (unpaired) electrons. The summed E-state index contributed by atoms with van der Waals surface area (Å²) in [7, 11) is 1.84. The summed E-state index contributed by atoms with van der Waals surface area (Å²) in [5.74, 6) is 5.79. The molecule has 0 spiro atoms. The fourth-order valence-corrected chi connectivity index (χ4v) is 2.35. The van der Waals surface area contributed by atoms with Gasteiger partial charge in [0.15, 0.2) is 0 Å². The van der Waals surface area contributed by atoms with Gasteiger partial charge in [0.1, 0.15) is 0 Å². The average Bonchev–Trinajstić information content (AvgIpc) is 2.47. The second-order valence-electron chi connectivity index (χ2n) is 4.99. The van der Waals surface area contributed by atoms with Crippen molar-refractivity contribution in [3.05, 3.63) is 29.8 Å². The Hall–Kier alpha value is -1.59. The molecule has 19 heavy (non-hydrogen) atoms. The van der Waals surface area contributed by atoms with Crippen molar-refractivity contribution < 1.29 is 9.53 Å². The van der Waals surface area contributed by atoms with E-state index < -0.39 is 0 Å². The minimum Gasteiger partial charge on any atom is -0.381 e. The molecule has 1 saturated heterocycles. The molecule has 1 aromatic rings. The molecule has 104 valence electrons. The molecule has 2 rings (SSSR count). The highest BCUT2D eigenvalue weighted by Gasteiger charge is 2.19. The first-order valence-corrected chi connectivity index (χ1v) is 6.60. The molecule has 0 saturated carbocycles. The van der Waals surface area contributed by atoms with Crippen LogP contribution >= 0.6 is 0 Å². The minimum absolute atomic E-state index is 0.0362. The van der Waals surface area contributed by atoms with Crippen LogP contribution in [0.2, 0.25) is 0 Å². The molecule has 1 aliphatic heterocycles. The molecule has 1 amide bonds. The number of amides is 1. The van der Waals surface area contributed by atoms with Crippen LogP contribution in [0.5, 0.6) is 0 Å². The molecule has 1 unspecified atom stereocenters. The monoisotopic (exact) mass is 263 g/mol. The van der Waals surface area contributed by atoms with Gasteiger partial charge in [0.2, 0.25) is 0 Å². The third kappa shape index (κ3) is 3.68. The number of carbonyl (C=O) groups excluding carboxylic acids is 1. The van der Waals surface area contributed by atoms with Crippen LogP contribution in [0.4, 0.5) is 5.69 Å². The molecule has 1 aliphatic rings. The predicted molar refractivity (Wildman–Crippen MR) is 74.8 cm³/mol. The summed E-state index contributed by atoms with van der Waals surface area (Å²) < 4.78 is 5.44. The van der Waals surface area contributed by atoms with Crippen molar-refractivity contribution in [1.82, 2.24) is 4.90 Å². The van der Waals surface area contributed by atoms with Gasteiger partial charge in [-0.1, -0.05) is 0 Å². The zero-order valence-electron chi connectivity index (χ0n) is 11.3. The molecule has 1 atom stereocenters. The summed E-state index contributed by atoms with van der Waals surface area (Å²) in [6, 6.07) is 7.16. The Bertz CT molecular complexity index is 413. The molecule has 1 aromatic carbocycles. The fraction of sp³-hybridized carbons (Fsp3) is 0.500. The van der Waals surface area contributed by atoms with Crippen LogP contribution in [0.1, 0.15) is 23.2 Å². The normalized spacial score (nSPS) is 18.9. The molecule has 0 bridgehead atoms. The van der Waals surface area contributed by atoms with Crippen molar-refractivity contribution in [1.29, 1.82) is 0 Å². The van der Waals surface area contributed by atoms with Gasteiger partial charge in [-0.05, 0) is 43.0 Å². The summed E-state index contributed by atoms with van der Waals surface area (Å²) in [5, 5.41) is 0. The van der Waals surface area contributed by atoms with E-state index in [2.05, 4.69) is 5.43 Å². The van der Waals surface area contributed by atoms with Crippen LogP contribution in [0, 0.1) is 5.92 Å². The smallest absolute Gasteiger partial charge is 0.253 e. The van der Waals surface area contributed by atoms with Crippen LogP contribution in [0.25, 0.3) is 0 Å². The van der Waals surface area contributed by atoms with E-state index in [0.717, 1.165) is 38.3 Å². The van der Waals surface area contributed by atoms with E-state index >= 15 is 0 Å². The molecular weight excluding hydrogens is 242 g/mol. The third-order valence-corrected chi connectivity index (χ3v) is 3.43. The van der Waals surface area contributed by atoms with E-state index in [1.165, 1.54) is 0 Å². The van der Waals surface area contributed by atoms with Crippen molar-refractivity contribution in [2.75, 3.05) is 32.2 Å². The number of nitrogens with one attached hydrogen (secondary N) is 1. The summed E-state index contributed by atoms with van der Waals surface area (Å²) in [4.78, 5) is 14.0. The predicted octanol–water partition coefficient (Wildman–Crippen LogP) is 1.47. The van der Waals surface area contributed by atoms with Crippen molar-refractivity contribution >= 4 is 11.6 Å². The van der Waals surface area contributed by atoms with Crippen LogP contribution in [-0.2, 0) is 4.74 Å². The number of nitrogens with zero attached hydrogens (tertiary/aromatic N) is 1. The second kappa shape index (κ2) is 6.54. The van der Waals surface area contributed by atoms with Crippen LogP contribution < -0.4 is 11.3 Å². The number of ether oxygens (including phenoxy) is 1. The maximum absolute atomic E-state index is 12.3. The summed E-state index contributed by atoms with van der Waals surface area (Å²) >= 11 is 0. The number of benzene rings is 1. The highest BCUT2D eigenvalue weighted by Crippen LogP contribution is 2.16. The zero-order chi connectivity index (χ0) is 13.7. The lowest BCUT2D eigenvalue weighted by atomic mass is 10.0. The second-order valence-corrected chi connectivity index (χ2v) is 4.99. The fourth-order valence-electron chi connectivity index (χ4n) is 2.35. The number of hydrogen-bond donors (Lipinski definition) is 2. The van der Waals surface area contributed by atoms with Gasteiger partial charge in [-0.25, -0.2) is 0 Å². The Kier molecular flexibility index (Phi) is 4.76. The van der Waals surface area contributed by atoms with Gasteiger partial charge in [-0.15, -0.1) is 0 Å². The van der Waals surface area contributed by atoms with E-state index in [0.29, 0.717) is 11.5 Å². The number of carbonyl (C=O) groups is 1. The Morgan fingerprint density at radius 2 is 2.21 bits per heavy atom. The number of rotatable bonds is 4. The van der Waals surface area contributed by atoms with Crippen molar-refractivity contribution in [3.63, 3.8) is 0 Å². The first kappa shape index (κ1) is 13.8. The van der Waals surface area contributed by atoms with E-state index in [-0.39, 0.29) is 5.91 Å². The van der Waals surface area contributed by atoms with E-state index in [4.69, 9.17) is 10.6 Å². The molecule has 0 aromatic heterocycles. The van der Waals surface area contributed by atoms with Crippen molar-refractivity contribution in [3.8, 4) is 0 Å². The number of hydrazine groups is 1. The minimum atomic E-state index is 0.0362. The number of hydrogen-bond acceptors (Lipinski definition) is 4. The van der Waals surface area contributed by atoms with E-state index in [1.807, 2.05) is 7.05 Å². The lowest BCUT2D eigenvalue weighted by Crippen LogP contribution is -2.35. The largest absolute Gasteiger partial charge is 0.381 e. The van der Waals surface area contributed by atoms with Crippen LogP contribution in [0.3, 0.4) is 0 Å². The zero-order valence-corrected chi connectivity index (χ0v) is 11.3. The third-order valence-electron chi connectivity index (χ3n) is 3.43. The number of anilines is 1. The van der Waals surface area contributed by atoms with Gasteiger partial charge in [0.05, 0.1) is 6.61 Å². The topological polar surface area (TPSA) is 67.6 Å². The molecule has 1 heterocycles. The van der Waals surface area contributed by atoms with E-state index in [9.17, 15) is 4.79 Å². The Morgan fingerprint density at radius 1 is 1.47 bits per heavy atom. The lowest BCUT2D eigenvalue weighted by molar-refractivity contribution is 0.0388. The van der Waals surface area contributed by atoms with Crippen LogP contribution in [-0.4, -0.2) is 37.6 Å².